The molecular formula is C12H23N3O6S. The molecule has 10 heteroatoms. The van der Waals surface area contributed by atoms with E-state index >= 15 is 0 Å². The first-order valence-electron chi connectivity index (χ1n) is 6.13. The van der Waals surface area contributed by atoms with Crippen molar-refractivity contribution >= 4 is 35.6 Å². The zero-order chi connectivity index (χ0) is 18.3. The summed E-state index contributed by atoms with van der Waals surface area (Å²) in [6, 6.07) is 0. The third-order valence-electron chi connectivity index (χ3n) is 1.67. The van der Waals surface area contributed by atoms with E-state index < -0.39 is 29.4 Å². The fourth-order valence-corrected chi connectivity index (χ4v) is 1.56. The maximum absolute atomic E-state index is 11.5. The molecule has 0 bridgehead atoms. The number of amides is 3. The van der Waals surface area contributed by atoms with Crippen molar-refractivity contribution in [2.24, 2.45) is 5.73 Å². The Balaban J connectivity index is 0. The van der Waals surface area contributed by atoms with Crippen molar-refractivity contribution in [3.63, 3.8) is 0 Å². The maximum Gasteiger partial charge on any atom is 0.414 e. The Hall–Kier alpha value is -2.10. The highest BCUT2D eigenvalue weighted by Gasteiger charge is 2.31. The summed E-state index contributed by atoms with van der Waals surface area (Å²) in [5.41, 5.74) is 2.60. The molecule has 0 heterocycles. The van der Waals surface area contributed by atoms with E-state index in [1.165, 1.54) is 0 Å². The Kier molecular flexibility index (Phi) is 8.44. The van der Waals surface area contributed by atoms with Gasteiger partial charge in [-0.1, -0.05) is 0 Å². The summed E-state index contributed by atoms with van der Waals surface area (Å²) in [7, 11) is 0. The minimum atomic E-state index is -1.33. The van der Waals surface area contributed by atoms with Gasteiger partial charge in [-0.2, -0.15) is 0 Å². The minimum absolute atomic E-state index is 0.204. The molecule has 0 aromatic carbocycles. The summed E-state index contributed by atoms with van der Waals surface area (Å²) in [6.07, 6.45) is -3.34. The van der Waals surface area contributed by atoms with E-state index in [9.17, 15) is 9.59 Å². The number of alkyl carbamates (subject to hydrolysis) is 1. The summed E-state index contributed by atoms with van der Waals surface area (Å²) in [4.78, 5) is 32.3. The first-order chi connectivity index (χ1) is 9.58. The van der Waals surface area contributed by atoms with Crippen molar-refractivity contribution in [3.8, 4) is 0 Å². The highest BCUT2D eigenvalue weighted by atomic mass is 32.1. The number of nitrogens with two attached hydrogens (primary N) is 1. The normalized spacial score (nSPS) is 10.6. The van der Waals surface area contributed by atoms with E-state index in [0.717, 1.165) is 4.90 Å². The molecule has 0 saturated heterocycles. The largest absolute Gasteiger partial charge is 0.465 e. The molecular weight excluding hydrogens is 314 g/mol. The second kappa shape index (κ2) is 8.37. The highest BCUT2D eigenvalue weighted by molar-refractivity contribution is 7.80. The topological polar surface area (TPSA) is 142 Å². The zero-order valence-electron chi connectivity index (χ0n) is 13.5. The number of carbonyl (C=O) groups is 3. The molecule has 0 aliphatic rings. The standard InChI is InChI=1S/C11H20N2O4S.CH3NO2/c1-10(2,3)13(9(15)16)7(18)12-8(14)17-11(4,5)6;2-1(3)4/h1-6H3,(H,15,16)(H,12,14,18);2H2,(H,3,4). The number of hydrogen-bond acceptors (Lipinski definition) is 5. The summed E-state index contributed by atoms with van der Waals surface area (Å²) in [5, 5.41) is 18.3. The van der Waals surface area contributed by atoms with Crippen molar-refractivity contribution in [1.29, 1.82) is 0 Å². The Labute approximate surface area is 134 Å². The second-order valence-electron chi connectivity index (χ2n) is 6.06. The van der Waals surface area contributed by atoms with Crippen LogP contribution in [-0.2, 0) is 4.74 Å². The number of ether oxygens (including phenoxy) is 1. The number of primary amides is 1. The van der Waals surface area contributed by atoms with Gasteiger partial charge in [-0.25, -0.2) is 19.3 Å². The maximum atomic E-state index is 11.5. The first kappa shape index (κ1) is 22.2. The quantitative estimate of drug-likeness (QED) is 0.496. The molecule has 0 aliphatic heterocycles. The van der Waals surface area contributed by atoms with Gasteiger partial charge in [0.25, 0.3) is 0 Å². The van der Waals surface area contributed by atoms with Gasteiger partial charge in [0, 0.05) is 5.54 Å². The molecule has 9 nitrogen and oxygen atoms in total. The van der Waals surface area contributed by atoms with Crippen LogP contribution in [0, 0.1) is 0 Å². The number of carboxylic acid groups (broad SMARTS) is 2. The molecule has 0 aliphatic carbocycles. The van der Waals surface area contributed by atoms with Crippen LogP contribution in [0.2, 0.25) is 0 Å². The fourth-order valence-electron chi connectivity index (χ4n) is 1.13. The van der Waals surface area contributed by atoms with Crippen LogP contribution >= 0.6 is 12.2 Å². The van der Waals surface area contributed by atoms with Gasteiger partial charge in [0.15, 0.2) is 5.11 Å². The monoisotopic (exact) mass is 337 g/mol. The van der Waals surface area contributed by atoms with E-state index in [1.807, 2.05) is 0 Å². The van der Waals surface area contributed by atoms with Crippen molar-refractivity contribution in [2.45, 2.75) is 52.7 Å². The molecule has 128 valence electrons. The molecule has 5 N–H and O–H groups in total. The van der Waals surface area contributed by atoms with Crippen molar-refractivity contribution in [1.82, 2.24) is 10.2 Å². The number of thiocarbonyl (C=S) groups is 1. The minimum Gasteiger partial charge on any atom is -0.465 e. The van der Waals surface area contributed by atoms with E-state index in [1.54, 1.807) is 41.5 Å². The Morgan fingerprint density at radius 1 is 1.09 bits per heavy atom. The number of hydrogen-bond donors (Lipinski definition) is 4. The Morgan fingerprint density at radius 3 is 1.68 bits per heavy atom. The zero-order valence-corrected chi connectivity index (χ0v) is 14.3. The van der Waals surface area contributed by atoms with E-state index in [4.69, 9.17) is 32.0 Å². The van der Waals surface area contributed by atoms with Crippen LogP contribution in [0.15, 0.2) is 0 Å². The van der Waals surface area contributed by atoms with Gasteiger partial charge < -0.3 is 20.7 Å². The van der Waals surface area contributed by atoms with Gasteiger partial charge in [0.2, 0.25) is 0 Å². The molecule has 0 unspecified atom stereocenters. The van der Waals surface area contributed by atoms with Crippen molar-refractivity contribution < 1.29 is 29.3 Å². The van der Waals surface area contributed by atoms with Crippen LogP contribution in [0.25, 0.3) is 0 Å². The number of nitrogens with one attached hydrogen (secondary N) is 1. The SMILES string of the molecule is CC(C)(C)OC(=O)NC(=S)N(C(=O)O)C(C)(C)C.NC(=O)O. The van der Waals surface area contributed by atoms with Gasteiger partial charge in [0.05, 0.1) is 0 Å². The number of nitrogens with zero attached hydrogens (tertiary/aromatic N) is 1. The van der Waals surface area contributed by atoms with Gasteiger partial charge in [-0.05, 0) is 53.8 Å². The molecule has 0 aromatic rings. The Bertz CT molecular complexity index is 435. The van der Waals surface area contributed by atoms with Crippen LogP contribution in [-0.4, -0.2) is 49.6 Å². The molecule has 0 aromatic heterocycles. The average Bonchev–Trinajstić information content (AvgIpc) is 2.07. The lowest BCUT2D eigenvalue weighted by Crippen LogP contribution is -2.54. The third kappa shape index (κ3) is 11.7. The molecule has 0 spiro atoms. The lowest BCUT2D eigenvalue weighted by Gasteiger charge is -2.33. The molecule has 0 atom stereocenters. The van der Waals surface area contributed by atoms with E-state index in [0.29, 0.717) is 0 Å². The van der Waals surface area contributed by atoms with Gasteiger partial charge in [-0.3, -0.25) is 5.32 Å². The fraction of sp³-hybridized carbons (Fsp3) is 0.667. The van der Waals surface area contributed by atoms with Gasteiger partial charge >= 0.3 is 18.3 Å². The molecule has 0 rings (SSSR count). The lowest BCUT2D eigenvalue weighted by atomic mass is 10.1. The van der Waals surface area contributed by atoms with Crippen LogP contribution in [0.3, 0.4) is 0 Å². The third-order valence-corrected chi connectivity index (χ3v) is 1.96. The van der Waals surface area contributed by atoms with Crippen LogP contribution in [0.1, 0.15) is 41.5 Å². The summed E-state index contributed by atoms with van der Waals surface area (Å²) >= 11 is 4.90. The summed E-state index contributed by atoms with van der Waals surface area (Å²) in [6.45, 7) is 10.1. The molecule has 0 fully saturated rings. The predicted molar refractivity (Wildman–Crippen MR) is 83.8 cm³/mol. The Morgan fingerprint density at radius 2 is 1.45 bits per heavy atom. The van der Waals surface area contributed by atoms with Gasteiger partial charge in [-0.15, -0.1) is 0 Å². The number of rotatable bonds is 0. The highest BCUT2D eigenvalue weighted by Crippen LogP contribution is 2.14. The smallest absolute Gasteiger partial charge is 0.414 e. The summed E-state index contributed by atoms with van der Waals surface area (Å²) in [5.74, 6) is 0. The summed E-state index contributed by atoms with van der Waals surface area (Å²) < 4.78 is 4.99. The van der Waals surface area contributed by atoms with Crippen molar-refractivity contribution in [3.05, 3.63) is 0 Å². The molecule has 22 heavy (non-hydrogen) atoms. The first-order valence-corrected chi connectivity index (χ1v) is 6.54. The van der Waals surface area contributed by atoms with E-state index in [-0.39, 0.29) is 5.11 Å². The van der Waals surface area contributed by atoms with Crippen molar-refractivity contribution in [2.75, 3.05) is 0 Å². The lowest BCUT2D eigenvalue weighted by molar-refractivity contribution is 0.0555. The number of carbonyl (C=O) groups excluding carboxylic acids is 1. The molecule has 0 radical (unpaired) electrons. The van der Waals surface area contributed by atoms with Crippen LogP contribution in [0.4, 0.5) is 14.4 Å². The van der Waals surface area contributed by atoms with Crippen LogP contribution < -0.4 is 11.1 Å². The van der Waals surface area contributed by atoms with Gasteiger partial charge in [0.1, 0.15) is 5.60 Å². The van der Waals surface area contributed by atoms with Crippen LogP contribution in [0.5, 0.6) is 0 Å². The van der Waals surface area contributed by atoms with E-state index in [2.05, 4.69) is 11.1 Å². The molecule has 3 amide bonds. The molecule has 0 saturated carbocycles. The second-order valence-corrected chi connectivity index (χ2v) is 6.45. The predicted octanol–water partition coefficient (Wildman–Crippen LogP) is 2.20. The average molecular weight is 337 g/mol.